The highest BCUT2D eigenvalue weighted by atomic mass is 32.2. The zero-order valence-electron chi connectivity index (χ0n) is 10.9. The molecule has 106 valence electrons. The largest absolute Gasteiger partial charge is 0.316 e. The van der Waals surface area contributed by atoms with Crippen molar-refractivity contribution in [2.45, 2.75) is 17.2 Å². The highest BCUT2D eigenvalue weighted by Crippen LogP contribution is 2.33. The van der Waals surface area contributed by atoms with E-state index in [2.05, 4.69) is 10.3 Å². The minimum atomic E-state index is -0.376. The number of hydrogen-bond acceptors (Lipinski definition) is 6. The number of nitrogens with one attached hydrogen (secondary N) is 1. The number of non-ortho nitro benzene ring substituents is 1. The molecule has 7 heteroatoms. The van der Waals surface area contributed by atoms with Crippen LogP contribution in [0.5, 0.6) is 0 Å². The molecule has 1 fully saturated rings. The molecule has 2 heterocycles. The van der Waals surface area contributed by atoms with E-state index >= 15 is 0 Å². The Balaban J connectivity index is 1.70. The molecule has 1 aromatic carbocycles. The summed E-state index contributed by atoms with van der Waals surface area (Å²) in [6, 6.07) is 4.88. The monoisotopic (exact) mass is 309 g/mol. The molecule has 0 unspecified atom stereocenters. The summed E-state index contributed by atoms with van der Waals surface area (Å²) >= 11 is 3.38. The van der Waals surface area contributed by atoms with Gasteiger partial charge in [-0.1, -0.05) is 11.8 Å². The first-order valence-corrected chi connectivity index (χ1v) is 8.41. The van der Waals surface area contributed by atoms with Gasteiger partial charge in [0.1, 0.15) is 0 Å². The van der Waals surface area contributed by atoms with Crippen LogP contribution in [0.15, 0.2) is 22.5 Å². The molecule has 0 spiro atoms. The van der Waals surface area contributed by atoms with E-state index in [0.29, 0.717) is 5.92 Å². The first-order valence-electron chi connectivity index (χ1n) is 6.61. The van der Waals surface area contributed by atoms with E-state index in [-0.39, 0.29) is 10.6 Å². The SMILES string of the molecule is O=[N+]([O-])c1ccc2sc(SC[C@@H]3CCCNC3)nc2c1. The molecule has 0 aliphatic carbocycles. The lowest BCUT2D eigenvalue weighted by Gasteiger charge is -2.21. The van der Waals surface area contributed by atoms with Gasteiger partial charge in [-0.15, -0.1) is 11.3 Å². The molecule has 0 radical (unpaired) electrons. The molecule has 5 nitrogen and oxygen atoms in total. The summed E-state index contributed by atoms with van der Waals surface area (Å²) in [6.45, 7) is 2.22. The highest BCUT2D eigenvalue weighted by molar-refractivity contribution is 8.01. The third-order valence-corrected chi connectivity index (χ3v) is 5.81. The maximum absolute atomic E-state index is 10.8. The van der Waals surface area contributed by atoms with E-state index in [1.807, 2.05) is 0 Å². The molecule has 0 amide bonds. The van der Waals surface area contributed by atoms with Crippen LogP contribution in [-0.4, -0.2) is 28.7 Å². The minimum Gasteiger partial charge on any atom is -0.316 e. The molecule has 1 aliphatic rings. The second-order valence-corrected chi connectivity index (χ2v) is 7.21. The van der Waals surface area contributed by atoms with E-state index in [4.69, 9.17) is 0 Å². The third kappa shape index (κ3) is 3.11. The number of rotatable bonds is 4. The lowest BCUT2D eigenvalue weighted by Crippen LogP contribution is -2.30. The summed E-state index contributed by atoms with van der Waals surface area (Å²) in [4.78, 5) is 14.9. The van der Waals surface area contributed by atoms with Crippen LogP contribution in [0.2, 0.25) is 0 Å². The van der Waals surface area contributed by atoms with E-state index in [1.54, 1.807) is 41.3 Å². The van der Waals surface area contributed by atoms with Gasteiger partial charge in [0.2, 0.25) is 0 Å². The quantitative estimate of drug-likeness (QED) is 0.533. The lowest BCUT2D eigenvalue weighted by atomic mass is 10.0. The Kier molecular flexibility index (Phi) is 4.18. The number of fused-ring (bicyclic) bond motifs is 1. The fourth-order valence-electron chi connectivity index (χ4n) is 2.33. The van der Waals surface area contributed by atoms with Crippen molar-refractivity contribution >= 4 is 39.0 Å². The molecular weight excluding hydrogens is 294 g/mol. The second-order valence-electron chi connectivity index (χ2n) is 4.91. The van der Waals surface area contributed by atoms with Crippen molar-refractivity contribution in [3.8, 4) is 0 Å². The standard InChI is InChI=1S/C13H15N3O2S2/c17-16(18)10-3-4-12-11(6-10)15-13(20-12)19-8-9-2-1-5-14-7-9/h3-4,6,9,14H,1-2,5,7-8H2/t9-/m1/s1. The fraction of sp³-hybridized carbons (Fsp3) is 0.462. The number of benzene rings is 1. The van der Waals surface area contributed by atoms with Gasteiger partial charge in [-0.2, -0.15) is 0 Å². The average molecular weight is 309 g/mol. The zero-order valence-corrected chi connectivity index (χ0v) is 12.5. The number of piperidine rings is 1. The summed E-state index contributed by atoms with van der Waals surface area (Å²) in [5.41, 5.74) is 0.837. The molecule has 20 heavy (non-hydrogen) atoms. The van der Waals surface area contributed by atoms with Gasteiger partial charge in [-0.3, -0.25) is 10.1 Å². The number of aromatic nitrogens is 1. The van der Waals surface area contributed by atoms with E-state index in [0.717, 1.165) is 33.4 Å². The van der Waals surface area contributed by atoms with Crippen LogP contribution in [0, 0.1) is 16.0 Å². The van der Waals surface area contributed by atoms with Crippen molar-refractivity contribution in [2.24, 2.45) is 5.92 Å². The van der Waals surface area contributed by atoms with Crippen molar-refractivity contribution in [2.75, 3.05) is 18.8 Å². The van der Waals surface area contributed by atoms with Gasteiger partial charge in [0, 0.05) is 17.9 Å². The normalized spacial score (nSPS) is 19.3. The molecule has 1 N–H and O–H groups in total. The van der Waals surface area contributed by atoms with E-state index < -0.39 is 0 Å². The lowest BCUT2D eigenvalue weighted by molar-refractivity contribution is -0.384. The Morgan fingerprint density at radius 2 is 2.45 bits per heavy atom. The Hall–Kier alpha value is -1.18. The van der Waals surface area contributed by atoms with Gasteiger partial charge < -0.3 is 5.32 Å². The number of thioether (sulfide) groups is 1. The molecule has 1 aromatic heterocycles. The van der Waals surface area contributed by atoms with Crippen LogP contribution in [-0.2, 0) is 0 Å². The summed E-state index contributed by atoms with van der Waals surface area (Å²) in [5.74, 6) is 1.77. The average Bonchev–Trinajstić information content (AvgIpc) is 2.88. The topological polar surface area (TPSA) is 68.1 Å². The van der Waals surface area contributed by atoms with Gasteiger partial charge in [0.15, 0.2) is 4.34 Å². The zero-order chi connectivity index (χ0) is 13.9. The Morgan fingerprint density at radius 3 is 3.20 bits per heavy atom. The predicted molar refractivity (Wildman–Crippen MR) is 82.6 cm³/mol. The number of nitrogens with zero attached hydrogens (tertiary/aromatic N) is 2. The summed E-state index contributed by atoms with van der Waals surface area (Å²) in [7, 11) is 0. The fourth-order valence-corrected chi connectivity index (χ4v) is 4.54. The molecule has 0 bridgehead atoms. The van der Waals surface area contributed by atoms with Crippen LogP contribution in [0.1, 0.15) is 12.8 Å². The summed E-state index contributed by atoms with van der Waals surface area (Å²) in [6.07, 6.45) is 2.52. The van der Waals surface area contributed by atoms with E-state index in [1.165, 1.54) is 12.8 Å². The first kappa shape index (κ1) is 13.8. The van der Waals surface area contributed by atoms with Crippen molar-refractivity contribution in [3.05, 3.63) is 28.3 Å². The van der Waals surface area contributed by atoms with Gasteiger partial charge in [-0.05, 0) is 37.9 Å². The minimum absolute atomic E-state index is 0.107. The predicted octanol–water partition coefficient (Wildman–Crippen LogP) is 3.30. The molecule has 1 atom stereocenters. The summed E-state index contributed by atoms with van der Waals surface area (Å²) < 4.78 is 2.02. The second kappa shape index (κ2) is 6.07. The van der Waals surface area contributed by atoms with Gasteiger partial charge in [-0.25, -0.2) is 4.98 Å². The molecular formula is C13H15N3O2S2. The molecule has 3 rings (SSSR count). The van der Waals surface area contributed by atoms with Crippen LogP contribution in [0.3, 0.4) is 0 Å². The van der Waals surface area contributed by atoms with Crippen molar-refractivity contribution < 1.29 is 4.92 Å². The molecule has 1 saturated heterocycles. The smallest absolute Gasteiger partial charge is 0.271 e. The van der Waals surface area contributed by atoms with Gasteiger partial charge in [0.05, 0.1) is 15.1 Å². The highest BCUT2D eigenvalue weighted by Gasteiger charge is 2.15. The van der Waals surface area contributed by atoms with Crippen molar-refractivity contribution in [1.82, 2.24) is 10.3 Å². The molecule has 0 saturated carbocycles. The van der Waals surface area contributed by atoms with Crippen LogP contribution in [0.25, 0.3) is 10.2 Å². The first-order chi connectivity index (χ1) is 9.72. The van der Waals surface area contributed by atoms with Crippen LogP contribution < -0.4 is 5.32 Å². The van der Waals surface area contributed by atoms with Gasteiger partial charge >= 0.3 is 0 Å². The number of nitro groups is 1. The van der Waals surface area contributed by atoms with Crippen molar-refractivity contribution in [3.63, 3.8) is 0 Å². The van der Waals surface area contributed by atoms with Crippen LogP contribution in [0.4, 0.5) is 5.69 Å². The molecule has 1 aliphatic heterocycles. The van der Waals surface area contributed by atoms with Crippen LogP contribution >= 0.6 is 23.1 Å². The van der Waals surface area contributed by atoms with Crippen molar-refractivity contribution in [1.29, 1.82) is 0 Å². The summed E-state index contributed by atoms with van der Waals surface area (Å²) in [5, 5.41) is 14.2. The number of thiazole rings is 1. The van der Waals surface area contributed by atoms with Gasteiger partial charge in [0.25, 0.3) is 5.69 Å². The number of nitro benzene ring substituents is 1. The maximum Gasteiger partial charge on any atom is 0.271 e. The Morgan fingerprint density at radius 1 is 1.55 bits per heavy atom. The number of hydrogen-bond donors (Lipinski definition) is 1. The third-order valence-electron chi connectivity index (χ3n) is 3.40. The Labute approximate surface area is 124 Å². The molecule has 2 aromatic rings. The maximum atomic E-state index is 10.8. The Bertz CT molecular complexity index is 623. The van der Waals surface area contributed by atoms with E-state index in [9.17, 15) is 10.1 Å².